The highest BCUT2D eigenvalue weighted by Gasteiger charge is 2.39. The fourth-order valence-corrected chi connectivity index (χ4v) is 4.51. The number of nitrogens with zero attached hydrogens (tertiary/aromatic N) is 2. The van der Waals surface area contributed by atoms with Gasteiger partial charge in [-0.05, 0) is 30.4 Å². The van der Waals surface area contributed by atoms with Gasteiger partial charge in [-0.2, -0.15) is 5.26 Å². The van der Waals surface area contributed by atoms with Gasteiger partial charge >= 0.3 is 11.9 Å². The summed E-state index contributed by atoms with van der Waals surface area (Å²) in [7, 11) is 0. The van der Waals surface area contributed by atoms with E-state index in [1.54, 1.807) is 12.1 Å². The van der Waals surface area contributed by atoms with Crippen molar-refractivity contribution in [2.24, 2.45) is 0 Å². The molecule has 39 heavy (non-hydrogen) atoms. The van der Waals surface area contributed by atoms with Crippen molar-refractivity contribution in [2.45, 2.75) is 64.9 Å². The molecule has 1 unspecified atom stereocenters. The monoisotopic (exact) mass is 531 g/mol. The molecule has 0 bridgehead atoms. The largest absolute Gasteiger partial charge is 0.461 e. The lowest BCUT2D eigenvalue weighted by Gasteiger charge is -2.32. The van der Waals surface area contributed by atoms with Gasteiger partial charge in [0.25, 0.3) is 5.69 Å². The zero-order chi connectivity index (χ0) is 28.2. The zero-order valence-corrected chi connectivity index (χ0v) is 22.3. The highest BCUT2D eigenvalue weighted by molar-refractivity contribution is 6.00. The molecule has 0 saturated heterocycles. The van der Waals surface area contributed by atoms with Crippen LogP contribution < -0.4 is 5.32 Å². The van der Waals surface area contributed by atoms with E-state index in [4.69, 9.17) is 14.7 Å². The molecule has 0 amide bonds. The number of dihydropyridines is 1. The van der Waals surface area contributed by atoms with E-state index in [0.717, 1.165) is 24.8 Å². The molecule has 9 nitrogen and oxygen atoms in total. The van der Waals surface area contributed by atoms with Crippen molar-refractivity contribution in [3.05, 3.63) is 98.4 Å². The molecule has 9 heteroatoms. The molecule has 2 aromatic carbocycles. The third kappa shape index (κ3) is 7.54. The lowest BCUT2D eigenvalue weighted by molar-refractivity contribution is -0.384. The smallest absolute Gasteiger partial charge is 0.337 e. The molecule has 0 spiro atoms. The van der Waals surface area contributed by atoms with Crippen molar-refractivity contribution in [3.63, 3.8) is 0 Å². The maximum Gasteiger partial charge on any atom is 0.337 e. The number of allylic oxidation sites excluding steroid dienone is 2. The minimum atomic E-state index is -0.864. The van der Waals surface area contributed by atoms with Gasteiger partial charge < -0.3 is 14.8 Å². The average molecular weight is 532 g/mol. The number of rotatable bonds is 13. The van der Waals surface area contributed by atoms with Gasteiger partial charge in [-0.1, -0.05) is 69.2 Å². The van der Waals surface area contributed by atoms with Crippen molar-refractivity contribution >= 4 is 17.6 Å². The van der Waals surface area contributed by atoms with E-state index in [1.165, 1.54) is 12.1 Å². The molecule has 0 aliphatic carbocycles. The Balaban J connectivity index is 2.12. The quantitative estimate of drug-likeness (QED) is 0.144. The number of carbonyl (C=O) groups is 2. The topological polar surface area (TPSA) is 132 Å². The highest BCUT2D eigenvalue weighted by Crippen LogP contribution is 2.41. The van der Waals surface area contributed by atoms with Crippen molar-refractivity contribution in [1.29, 1.82) is 5.26 Å². The summed E-state index contributed by atoms with van der Waals surface area (Å²) in [5.41, 5.74) is 3.01. The Kier molecular flexibility index (Phi) is 10.8. The van der Waals surface area contributed by atoms with E-state index < -0.39 is 22.8 Å². The predicted molar refractivity (Wildman–Crippen MR) is 145 cm³/mol. The van der Waals surface area contributed by atoms with Crippen molar-refractivity contribution in [2.75, 3.05) is 6.61 Å². The number of benzene rings is 2. The fourth-order valence-electron chi connectivity index (χ4n) is 4.51. The lowest BCUT2D eigenvalue weighted by Crippen LogP contribution is -2.34. The summed E-state index contributed by atoms with van der Waals surface area (Å²) in [6.07, 6.45) is 3.80. The number of hydrogen-bond donors (Lipinski definition) is 1. The number of carbonyl (C=O) groups excluding carboxylic acids is 2. The number of non-ortho nitro benzene ring substituents is 1. The number of hydrogen-bond acceptors (Lipinski definition) is 8. The predicted octanol–water partition coefficient (Wildman–Crippen LogP) is 5.98. The Hall–Kier alpha value is -4.45. The molecule has 3 rings (SSSR count). The van der Waals surface area contributed by atoms with Crippen LogP contribution in [0.1, 0.15) is 69.4 Å². The van der Waals surface area contributed by atoms with E-state index in [0.29, 0.717) is 29.8 Å². The molecule has 204 valence electrons. The van der Waals surface area contributed by atoms with Gasteiger partial charge in [0.05, 0.1) is 34.5 Å². The Morgan fingerprint density at radius 2 is 1.64 bits per heavy atom. The zero-order valence-electron chi connectivity index (χ0n) is 22.3. The van der Waals surface area contributed by atoms with E-state index >= 15 is 0 Å². The number of esters is 2. The third-order valence-electron chi connectivity index (χ3n) is 6.45. The first kappa shape index (κ1) is 29.1. The maximum absolute atomic E-state index is 13.8. The Labute approximate surface area is 228 Å². The molecule has 1 heterocycles. The van der Waals surface area contributed by atoms with E-state index in [1.807, 2.05) is 43.3 Å². The Morgan fingerprint density at radius 3 is 2.26 bits per heavy atom. The molecular weight excluding hydrogens is 498 g/mol. The van der Waals surface area contributed by atoms with Crippen LogP contribution in [0, 0.1) is 21.4 Å². The van der Waals surface area contributed by atoms with Crippen LogP contribution in [0.2, 0.25) is 0 Å². The standard InChI is InChI=1S/C30H33N3O6/c1-3-5-7-13-25-28(30(35)39-20-21-11-8-6-9-12-21)26(22-14-16-23(17-15-22)33(36)37)27(24(4-2)32-25)29(34)38-19-10-18-31/h6,8-9,11-12,14-17,26,32H,3-5,7,10,13,19-20H2,1-2H3. The van der Waals surface area contributed by atoms with Crippen molar-refractivity contribution in [3.8, 4) is 6.07 Å². The summed E-state index contributed by atoms with van der Waals surface area (Å²) in [5, 5.41) is 23.5. The summed E-state index contributed by atoms with van der Waals surface area (Å²) < 4.78 is 11.2. The summed E-state index contributed by atoms with van der Waals surface area (Å²) in [6.45, 7) is 3.93. The van der Waals surface area contributed by atoms with E-state index in [9.17, 15) is 19.7 Å². The number of unbranched alkanes of at least 4 members (excludes halogenated alkanes) is 2. The van der Waals surface area contributed by atoms with Gasteiger partial charge in [-0.15, -0.1) is 0 Å². The van der Waals surface area contributed by atoms with Crippen LogP contribution in [0.25, 0.3) is 0 Å². The molecular formula is C30H33N3O6. The van der Waals surface area contributed by atoms with Gasteiger partial charge in [-0.3, -0.25) is 10.1 Å². The molecule has 0 radical (unpaired) electrons. The van der Waals surface area contributed by atoms with E-state index in [-0.39, 0.29) is 36.5 Å². The van der Waals surface area contributed by atoms with Crippen molar-refractivity contribution < 1.29 is 24.0 Å². The molecule has 1 aliphatic rings. The molecule has 2 aromatic rings. The van der Waals surface area contributed by atoms with Crippen molar-refractivity contribution in [1.82, 2.24) is 5.32 Å². The highest BCUT2D eigenvalue weighted by atomic mass is 16.6. The fraction of sp³-hybridized carbons (Fsp3) is 0.367. The average Bonchev–Trinajstić information content (AvgIpc) is 2.96. The first-order valence-electron chi connectivity index (χ1n) is 13.1. The number of nitro benzene ring substituents is 1. The van der Waals surface area contributed by atoms with Crippen LogP contribution in [-0.4, -0.2) is 23.5 Å². The minimum absolute atomic E-state index is 0.0280. The number of ether oxygens (including phenoxy) is 2. The van der Waals surface area contributed by atoms with Gasteiger partial charge in [-0.25, -0.2) is 9.59 Å². The third-order valence-corrected chi connectivity index (χ3v) is 6.45. The normalized spacial score (nSPS) is 14.8. The summed E-state index contributed by atoms with van der Waals surface area (Å²) in [6, 6.07) is 17.0. The number of nitrogens with one attached hydrogen (secondary N) is 1. The van der Waals surface area contributed by atoms with Gasteiger partial charge in [0.1, 0.15) is 13.2 Å². The first-order chi connectivity index (χ1) is 18.9. The summed E-state index contributed by atoms with van der Waals surface area (Å²) in [4.78, 5) is 38.0. The Morgan fingerprint density at radius 1 is 0.974 bits per heavy atom. The maximum atomic E-state index is 13.8. The summed E-state index contributed by atoms with van der Waals surface area (Å²) in [5.74, 6) is -2.10. The van der Waals surface area contributed by atoms with E-state index in [2.05, 4.69) is 12.2 Å². The second-order valence-electron chi connectivity index (χ2n) is 9.11. The second-order valence-corrected chi connectivity index (χ2v) is 9.11. The van der Waals surface area contributed by atoms with Gasteiger partial charge in [0, 0.05) is 23.5 Å². The molecule has 1 aliphatic heterocycles. The van der Waals surface area contributed by atoms with Crippen LogP contribution in [0.4, 0.5) is 5.69 Å². The molecule has 0 fully saturated rings. The van der Waals surface area contributed by atoms with Crippen LogP contribution in [-0.2, 0) is 25.7 Å². The van der Waals surface area contributed by atoms with Gasteiger partial charge in [0.15, 0.2) is 0 Å². The Bertz CT molecular complexity index is 1280. The van der Waals surface area contributed by atoms with Gasteiger partial charge in [0.2, 0.25) is 0 Å². The lowest BCUT2D eigenvalue weighted by atomic mass is 9.79. The SMILES string of the molecule is CCCCCC1=C(C(=O)OCc2ccccc2)C(c2ccc([N+](=O)[O-])cc2)C(C(=O)OCCC#N)=C(CC)N1. The molecule has 0 aromatic heterocycles. The van der Waals surface area contributed by atoms with Crippen LogP contribution >= 0.6 is 0 Å². The van der Waals surface area contributed by atoms with Crippen LogP contribution in [0.15, 0.2) is 77.1 Å². The molecule has 0 saturated carbocycles. The molecule has 1 N–H and O–H groups in total. The number of nitro groups is 1. The number of nitriles is 1. The van der Waals surface area contributed by atoms with Crippen LogP contribution in [0.3, 0.4) is 0 Å². The minimum Gasteiger partial charge on any atom is -0.461 e. The second kappa shape index (κ2) is 14.5. The first-order valence-corrected chi connectivity index (χ1v) is 13.1. The summed E-state index contributed by atoms with van der Waals surface area (Å²) >= 11 is 0. The van der Waals surface area contributed by atoms with Crippen LogP contribution in [0.5, 0.6) is 0 Å². The molecule has 1 atom stereocenters.